The molecule has 270 valence electrons. The lowest BCUT2D eigenvalue weighted by atomic mass is 10.1. The van der Waals surface area contributed by atoms with Crippen molar-refractivity contribution in [2.24, 2.45) is 28.2 Å². The lowest BCUT2D eigenvalue weighted by Crippen LogP contribution is -2.26. The lowest BCUT2D eigenvalue weighted by Gasteiger charge is -2.24. The molecule has 0 radical (unpaired) electrons. The Hall–Kier alpha value is -6.10. The van der Waals surface area contributed by atoms with E-state index in [2.05, 4.69) is 178 Å². The number of rotatable bonds is 12. The van der Waals surface area contributed by atoms with E-state index >= 15 is 0 Å². The fourth-order valence-corrected chi connectivity index (χ4v) is 7.83. The smallest absolute Gasteiger partial charge is 0.123 e. The maximum Gasteiger partial charge on any atom is 0.123 e. The minimum atomic E-state index is 0.685. The van der Waals surface area contributed by atoms with Gasteiger partial charge in [-0.05, 0) is 59.7 Å². The summed E-state index contributed by atoms with van der Waals surface area (Å²) in [4.78, 5) is 25.1. The molecule has 0 fully saturated rings. The Morgan fingerprint density at radius 1 is 0.352 bits per heavy atom. The minimum absolute atomic E-state index is 0.685. The first kappa shape index (κ1) is 33.7. The summed E-state index contributed by atoms with van der Waals surface area (Å²) >= 11 is 0. The average molecular weight is 713 g/mol. The highest BCUT2D eigenvalue weighted by Crippen LogP contribution is 2.24. The number of hydrogen-bond donors (Lipinski definition) is 0. The molecule has 0 spiro atoms. The van der Waals surface area contributed by atoms with Crippen LogP contribution in [0.15, 0.2) is 121 Å². The van der Waals surface area contributed by atoms with Crippen molar-refractivity contribution in [2.75, 3.05) is 0 Å². The molecule has 0 amide bonds. The van der Waals surface area contributed by atoms with Crippen LogP contribution in [0.1, 0.15) is 34.4 Å². The Labute approximate surface area is 314 Å². The van der Waals surface area contributed by atoms with E-state index < -0.39 is 0 Å². The molecule has 0 aliphatic rings. The van der Waals surface area contributed by atoms with E-state index in [0.717, 1.165) is 80.5 Å². The van der Waals surface area contributed by atoms with E-state index in [4.69, 9.17) is 19.9 Å². The summed E-state index contributed by atoms with van der Waals surface area (Å²) < 4.78 is 8.86. The van der Waals surface area contributed by atoms with Crippen LogP contribution in [0.4, 0.5) is 0 Å². The van der Waals surface area contributed by atoms with Crippen LogP contribution in [-0.4, -0.2) is 48.0 Å². The van der Waals surface area contributed by atoms with Gasteiger partial charge in [0.1, 0.15) is 23.3 Å². The maximum atomic E-state index is 5.05. The first-order valence-corrected chi connectivity index (χ1v) is 18.5. The molecular weight excluding hydrogens is 669 g/mol. The molecule has 0 aliphatic carbocycles. The van der Waals surface area contributed by atoms with Crippen molar-refractivity contribution in [3.8, 4) is 0 Å². The van der Waals surface area contributed by atoms with Crippen LogP contribution < -0.4 is 0 Å². The molecule has 0 saturated heterocycles. The summed E-state index contributed by atoms with van der Waals surface area (Å²) in [7, 11) is 8.45. The molecule has 0 atom stereocenters. The van der Waals surface area contributed by atoms with Gasteiger partial charge in [0.05, 0.1) is 70.3 Å². The Morgan fingerprint density at radius 2 is 0.630 bits per heavy atom. The van der Waals surface area contributed by atoms with Crippen molar-refractivity contribution in [1.82, 2.24) is 48.0 Å². The second-order valence-electron chi connectivity index (χ2n) is 14.4. The quantitative estimate of drug-likeness (QED) is 0.130. The number of imidazole rings is 4. The highest BCUT2D eigenvalue weighted by atomic mass is 15.2. The molecule has 0 saturated carbocycles. The first-order valence-electron chi connectivity index (χ1n) is 18.5. The predicted octanol–water partition coefficient (Wildman–Crippen LogP) is 7.64. The summed E-state index contributed by atoms with van der Waals surface area (Å²) in [6, 6.07) is 42.4. The minimum Gasteiger partial charge on any atom is -0.330 e. The van der Waals surface area contributed by atoms with Crippen LogP contribution in [0.2, 0.25) is 0 Å². The van der Waals surface area contributed by atoms with Crippen molar-refractivity contribution >= 4 is 44.1 Å². The van der Waals surface area contributed by atoms with Gasteiger partial charge in [-0.15, -0.1) is 0 Å². The van der Waals surface area contributed by atoms with Crippen molar-refractivity contribution in [3.05, 3.63) is 156 Å². The summed E-state index contributed by atoms with van der Waals surface area (Å²) in [6.45, 7) is 4.23. The molecular formula is C44H44N10. The second-order valence-corrected chi connectivity index (χ2v) is 14.4. The number of aryl methyl sites for hydroxylation is 4. The van der Waals surface area contributed by atoms with Gasteiger partial charge >= 0.3 is 0 Å². The fraction of sp³-hybridized carbons (Fsp3) is 0.227. The number of para-hydroxylation sites is 8. The van der Waals surface area contributed by atoms with Gasteiger partial charge < -0.3 is 18.3 Å². The van der Waals surface area contributed by atoms with Gasteiger partial charge in [0.2, 0.25) is 0 Å². The molecule has 10 heteroatoms. The van der Waals surface area contributed by atoms with Crippen LogP contribution in [0.5, 0.6) is 0 Å². The third kappa shape index (κ3) is 6.44. The van der Waals surface area contributed by atoms with Gasteiger partial charge in [-0.25, -0.2) is 19.9 Å². The number of fused-ring (bicyclic) bond motifs is 4. The van der Waals surface area contributed by atoms with Gasteiger partial charge in [0.25, 0.3) is 0 Å². The topological polar surface area (TPSA) is 77.8 Å². The number of aromatic nitrogens is 8. The summed E-state index contributed by atoms with van der Waals surface area (Å²) in [5.41, 5.74) is 11.1. The summed E-state index contributed by atoms with van der Waals surface area (Å²) in [6.07, 6.45) is 0. The second kappa shape index (κ2) is 14.0. The van der Waals surface area contributed by atoms with Crippen LogP contribution in [0.25, 0.3) is 44.1 Å². The highest BCUT2D eigenvalue weighted by molar-refractivity contribution is 5.77. The molecule has 4 aromatic heterocycles. The number of nitrogens with zero attached hydrogens (tertiary/aromatic N) is 10. The summed E-state index contributed by atoms with van der Waals surface area (Å²) in [5.74, 6) is 4.12. The van der Waals surface area contributed by atoms with E-state index in [9.17, 15) is 0 Å². The molecule has 10 nitrogen and oxygen atoms in total. The molecule has 9 aromatic rings. The highest BCUT2D eigenvalue weighted by Gasteiger charge is 2.20. The Balaban J connectivity index is 1.03. The number of hydrogen-bond acceptors (Lipinski definition) is 6. The van der Waals surface area contributed by atoms with Crippen LogP contribution in [0.3, 0.4) is 0 Å². The zero-order valence-corrected chi connectivity index (χ0v) is 31.3. The van der Waals surface area contributed by atoms with Crippen LogP contribution in [0, 0.1) is 0 Å². The van der Waals surface area contributed by atoms with E-state index in [0.29, 0.717) is 26.2 Å². The zero-order chi connectivity index (χ0) is 36.8. The van der Waals surface area contributed by atoms with Crippen LogP contribution >= 0.6 is 0 Å². The van der Waals surface area contributed by atoms with Gasteiger partial charge in [-0.1, -0.05) is 72.8 Å². The summed E-state index contributed by atoms with van der Waals surface area (Å²) in [5, 5.41) is 0. The normalized spacial score (nSPS) is 12.1. The van der Waals surface area contributed by atoms with Crippen molar-refractivity contribution in [1.29, 1.82) is 0 Å². The van der Waals surface area contributed by atoms with Crippen molar-refractivity contribution < 1.29 is 0 Å². The monoisotopic (exact) mass is 712 g/mol. The maximum absolute atomic E-state index is 5.05. The molecule has 54 heavy (non-hydrogen) atoms. The molecule has 0 bridgehead atoms. The largest absolute Gasteiger partial charge is 0.330 e. The Morgan fingerprint density at radius 3 is 0.907 bits per heavy atom. The van der Waals surface area contributed by atoms with Gasteiger partial charge in [0, 0.05) is 41.3 Å². The standard InChI is InChI=1S/C44H44N10/c1-49-37-20-9-5-16-33(37)45-41(49)27-53(28-42-46-34-17-6-10-21-38(34)50(42)2)25-31-14-13-15-32(24-31)26-54(29-43-47-35-18-7-11-22-39(35)51(43)3)30-44-48-36-19-8-12-23-40(36)52(44)4/h5-24H,25-30H2,1-4H3. The van der Waals surface area contributed by atoms with Crippen molar-refractivity contribution in [2.45, 2.75) is 39.3 Å². The van der Waals surface area contributed by atoms with Gasteiger partial charge in [-0.2, -0.15) is 0 Å². The predicted molar refractivity (Wildman–Crippen MR) is 215 cm³/mol. The molecule has 0 aliphatic heterocycles. The zero-order valence-electron chi connectivity index (χ0n) is 31.3. The Kier molecular flexibility index (Phi) is 8.76. The molecule has 0 unspecified atom stereocenters. The number of benzene rings is 5. The van der Waals surface area contributed by atoms with E-state index in [1.165, 1.54) is 11.1 Å². The van der Waals surface area contributed by atoms with E-state index in [-0.39, 0.29) is 0 Å². The third-order valence-corrected chi connectivity index (χ3v) is 10.8. The van der Waals surface area contributed by atoms with E-state index in [1.807, 2.05) is 0 Å². The Bertz CT molecular complexity index is 2410. The van der Waals surface area contributed by atoms with Gasteiger partial charge in [0.15, 0.2) is 0 Å². The average Bonchev–Trinajstić information content (AvgIpc) is 3.89. The molecule has 5 aromatic carbocycles. The van der Waals surface area contributed by atoms with Crippen molar-refractivity contribution in [3.63, 3.8) is 0 Å². The lowest BCUT2D eigenvalue weighted by molar-refractivity contribution is 0.227. The third-order valence-electron chi connectivity index (χ3n) is 10.8. The molecule has 0 N–H and O–H groups in total. The van der Waals surface area contributed by atoms with Gasteiger partial charge in [-0.3, -0.25) is 9.80 Å². The SMILES string of the molecule is Cn1c(CN(Cc2cccc(CN(Cc3nc4ccccc4n3C)Cc3nc4ccccc4n3C)c2)Cc2nc3ccccc3n2C)nc2ccccc21. The first-order chi connectivity index (χ1) is 26.4. The fourth-order valence-electron chi connectivity index (χ4n) is 7.83. The molecule has 4 heterocycles. The van der Waals surface area contributed by atoms with E-state index in [1.54, 1.807) is 0 Å². The molecule has 9 rings (SSSR count). The van der Waals surface area contributed by atoms with Crippen LogP contribution in [-0.2, 0) is 67.5 Å².